The Hall–Kier alpha value is -3.72. The highest BCUT2D eigenvalue weighted by Gasteiger charge is 2.11. The van der Waals surface area contributed by atoms with Gasteiger partial charge in [-0.2, -0.15) is 0 Å². The summed E-state index contributed by atoms with van der Waals surface area (Å²) in [5, 5.41) is 1.04. The standard InChI is InChI=1S/C26H26N2O/c1-5-9-18-22(13-6-2)28-25(20-19-21-16-11-10-12-17-21)27-24(15-8-4)23(14-7-3)26(28)29/h5-18H,1-4,19-20H2/b18-9-,22-13+,23-14+,24-15+. The van der Waals surface area contributed by atoms with Crippen LogP contribution in [0.25, 0.3) is 17.8 Å². The first kappa shape index (κ1) is 21.6. The normalized spacial score (nSPS) is 12.9. The first-order valence-electron chi connectivity index (χ1n) is 9.39. The van der Waals surface area contributed by atoms with E-state index < -0.39 is 0 Å². The Bertz CT molecular complexity index is 1130. The van der Waals surface area contributed by atoms with Gasteiger partial charge in [0.05, 0.1) is 16.3 Å². The van der Waals surface area contributed by atoms with E-state index in [-0.39, 0.29) is 5.56 Å². The molecule has 29 heavy (non-hydrogen) atoms. The Morgan fingerprint density at radius 1 is 0.931 bits per heavy atom. The highest BCUT2D eigenvalue weighted by atomic mass is 16.1. The van der Waals surface area contributed by atoms with Crippen LogP contribution in [0.2, 0.25) is 0 Å². The summed E-state index contributed by atoms with van der Waals surface area (Å²) in [5.74, 6) is 0.662. The average molecular weight is 383 g/mol. The Morgan fingerprint density at radius 3 is 2.28 bits per heavy atom. The Kier molecular flexibility index (Phi) is 8.33. The summed E-state index contributed by atoms with van der Waals surface area (Å²) in [5.41, 5.74) is 1.68. The lowest BCUT2D eigenvalue weighted by Crippen LogP contribution is -2.48. The number of rotatable bonds is 9. The number of allylic oxidation sites excluding steroid dienone is 8. The molecule has 2 rings (SSSR count). The van der Waals surface area contributed by atoms with E-state index >= 15 is 0 Å². The van der Waals surface area contributed by atoms with Gasteiger partial charge in [0, 0.05) is 6.42 Å². The Morgan fingerprint density at radius 2 is 1.66 bits per heavy atom. The molecule has 1 aromatic carbocycles. The second-order valence-corrected chi connectivity index (χ2v) is 6.18. The van der Waals surface area contributed by atoms with E-state index in [0.29, 0.717) is 28.5 Å². The first-order chi connectivity index (χ1) is 14.2. The molecular formula is C26H26N2O. The van der Waals surface area contributed by atoms with Crippen LogP contribution < -0.4 is 16.1 Å². The summed E-state index contributed by atoms with van der Waals surface area (Å²) in [6, 6.07) is 10.1. The van der Waals surface area contributed by atoms with Crippen LogP contribution in [0.1, 0.15) is 11.4 Å². The van der Waals surface area contributed by atoms with Crippen molar-refractivity contribution in [3.8, 4) is 0 Å². The topological polar surface area (TPSA) is 34.9 Å². The van der Waals surface area contributed by atoms with Crippen LogP contribution in [-0.4, -0.2) is 9.55 Å². The molecule has 2 aromatic rings. The van der Waals surface area contributed by atoms with Crippen LogP contribution >= 0.6 is 0 Å². The van der Waals surface area contributed by atoms with Gasteiger partial charge in [0.2, 0.25) is 0 Å². The van der Waals surface area contributed by atoms with Gasteiger partial charge in [-0.15, -0.1) is 0 Å². The third kappa shape index (κ3) is 5.63. The molecule has 1 aromatic heterocycles. The van der Waals surface area contributed by atoms with E-state index in [0.717, 1.165) is 6.42 Å². The van der Waals surface area contributed by atoms with E-state index in [9.17, 15) is 4.79 Å². The molecule has 0 bridgehead atoms. The molecule has 0 saturated carbocycles. The molecule has 0 aliphatic carbocycles. The SMILES string of the molecule is C=C/C=C\C(=C/C=C)n1c(CCc2ccccc2)nc(=C/C=C)/c(=C\C=C)c1=O. The summed E-state index contributed by atoms with van der Waals surface area (Å²) >= 11 is 0. The largest absolute Gasteiger partial charge is 0.268 e. The van der Waals surface area contributed by atoms with Crippen molar-refractivity contribution >= 4 is 17.8 Å². The fraction of sp³-hybridized carbons (Fsp3) is 0.0769. The predicted octanol–water partition coefficient (Wildman–Crippen LogP) is 3.73. The number of hydrogen-bond acceptors (Lipinski definition) is 2. The molecule has 0 atom stereocenters. The van der Waals surface area contributed by atoms with Crippen molar-refractivity contribution in [2.45, 2.75) is 12.8 Å². The lowest BCUT2D eigenvalue weighted by molar-refractivity contribution is 0.771. The molecule has 0 radical (unpaired) electrons. The van der Waals surface area contributed by atoms with Crippen LogP contribution in [-0.2, 0) is 12.8 Å². The Labute approximate surface area is 172 Å². The molecule has 0 N–H and O–H groups in total. The van der Waals surface area contributed by atoms with Crippen LogP contribution in [0.15, 0.2) is 104 Å². The molecule has 0 aliphatic heterocycles. The number of benzene rings is 1. The van der Waals surface area contributed by atoms with Crippen molar-refractivity contribution in [3.63, 3.8) is 0 Å². The van der Waals surface area contributed by atoms with Crippen molar-refractivity contribution in [2.24, 2.45) is 0 Å². The van der Waals surface area contributed by atoms with Gasteiger partial charge in [-0.05, 0) is 36.3 Å². The van der Waals surface area contributed by atoms with Gasteiger partial charge in [0.15, 0.2) is 0 Å². The average Bonchev–Trinajstić information content (AvgIpc) is 2.73. The third-order valence-electron chi connectivity index (χ3n) is 4.21. The molecule has 3 heteroatoms. The zero-order valence-corrected chi connectivity index (χ0v) is 16.6. The number of nitrogens with zero attached hydrogens (tertiary/aromatic N) is 2. The monoisotopic (exact) mass is 382 g/mol. The van der Waals surface area contributed by atoms with E-state index in [4.69, 9.17) is 4.98 Å². The van der Waals surface area contributed by atoms with Crippen molar-refractivity contribution < 1.29 is 0 Å². The van der Waals surface area contributed by atoms with Crippen LogP contribution in [0.5, 0.6) is 0 Å². The van der Waals surface area contributed by atoms with Crippen molar-refractivity contribution in [2.75, 3.05) is 0 Å². The summed E-state index contributed by atoms with van der Waals surface area (Å²) in [6.45, 7) is 15.0. The van der Waals surface area contributed by atoms with E-state index in [1.807, 2.05) is 24.3 Å². The summed E-state index contributed by atoms with van der Waals surface area (Å²) in [7, 11) is 0. The van der Waals surface area contributed by atoms with Gasteiger partial charge in [-0.3, -0.25) is 9.36 Å². The van der Waals surface area contributed by atoms with Gasteiger partial charge in [-0.1, -0.05) is 87.0 Å². The summed E-state index contributed by atoms with van der Waals surface area (Å²) < 4.78 is 1.63. The van der Waals surface area contributed by atoms with Gasteiger partial charge in [0.1, 0.15) is 5.82 Å². The molecule has 3 nitrogen and oxygen atoms in total. The van der Waals surface area contributed by atoms with Crippen molar-refractivity contribution in [1.29, 1.82) is 0 Å². The van der Waals surface area contributed by atoms with Crippen LogP contribution in [0, 0.1) is 0 Å². The number of aromatic nitrogens is 2. The smallest absolute Gasteiger partial charge is 0.265 e. The van der Waals surface area contributed by atoms with Gasteiger partial charge in [-0.25, -0.2) is 4.98 Å². The Balaban J connectivity index is 2.79. The molecule has 0 aliphatic rings. The minimum atomic E-state index is -0.169. The van der Waals surface area contributed by atoms with Crippen molar-refractivity contribution in [1.82, 2.24) is 9.55 Å². The molecule has 0 saturated heterocycles. The van der Waals surface area contributed by atoms with Crippen molar-refractivity contribution in [3.05, 3.63) is 131 Å². The maximum Gasteiger partial charge on any atom is 0.265 e. The highest BCUT2D eigenvalue weighted by Crippen LogP contribution is 2.09. The molecular weight excluding hydrogens is 356 g/mol. The number of aryl methyl sites for hydroxylation is 2. The van der Waals surface area contributed by atoms with Crippen LogP contribution in [0.4, 0.5) is 0 Å². The maximum atomic E-state index is 13.4. The van der Waals surface area contributed by atoms with E-state index in [1.165, 1.54) is 5.56 Å². The second kappa shape index (κ2) is 11.2. The predicted molar refractivity (Wildman–Crippen MR) is 125 cm³/mol. The third-order valence-corrected chi connectivity index (χ3v) is 4.21. The fourth-order valence-electron chi connectivity index (χ4n) is 2.94. The molecule has 0 amide bonds. The maximum absolute atomic E-state index is 13.4. The number of hydrogen-bond donors (Lipinski definition) is 0. The molecule has 0 unspecified atom stereocenters. The highest BCUT2D eigenvalue weighted by molar-refractivity contribution is 5.60. The summed E-state index contributed by atoms with van der Waals surface area (Å²) in [4.78, 5) is 18.2. The van der Waals surface area contributed by atoms with Crippen LogP contribution in [0.3, 0.4) is 0 Å². The lowest BCUT2D eigenvalue weighted by atomic mass is 10.1. The van der Waals surface area contributed by atoms with Gasteiger partial charge < -0.3 is 0 Å². The zero-order chi connectivity index (χ0) is 21.1. The minimum absolute atomic E-state index is 0.169. The van der Waals surface area contributed by atoms with Gasteiger partial charge >= 0.3 is 0 Å². The van der Waals surface area contributed by atoms with E-state index in [1.54, 1.807) is 53.2 Å². The quantitative estimate of drug-likeness (QED) is 0.620. The zero-order valence-electron chi connectivity index (χ0n) is 16.6. The lowest BCUT2D eigenvalue weighted by Gasteiger charge is -2.13. The second-order valence-electron chi connectivity index (χ2n) is 6.18. The summed E-state index contributed by atoms with van der Waals surface area (Å²) in [6.07, 6.45) is 16.7. The fourth-order valence-corrected chi connectivity index (χ4v) is 2.94. The molecule has 146 valence electrons. The molecule has 0 fully saturated rings. The minimum Gasteiger partial charge on any atom is -0.268 e. The van der Waals surface area contributed by atoms with Gasteiger partial charge in [0.25, 0.3) is 5.56 Å². The molecule has 0 spiro atoms. The van der Waals surface area contributed by atoms with E-state index in [2.05, 4.69) is 38.4 Å². The molecule has 1 heterocycles. The first-order valence-corrected chi connectivity index (χ1v) is 9.39.